The van der Waals surface area contributed by atoms with Gasteiger partial charge in [0.2, 0.25) is 5.91 Å². The van der Waals surface area contributed by atoms with E-state index in [0.29, 0.717) is 12.3 Å². The molecule has 2 aliphatic carbocycles. The van der Waals surface area contributed by atoms with E-state index in [-0.39, 0.29) is 31.4 Å². The highest BCUT2D eigenvalue weighted by molar-refractivity contribution is 5.84. The van der Waals surface area contributed by atoms with Crippen molar-refractivity contribution in [3.05, 3.63) is 59.7 Å². The number of carbonyl (C=O) groups excluding carboxylic acids is 2. The van der Waals surface area contributed by atoms with Crippen LogP contribution in [0.1, 0.15) is 56.6 Å². The van der Waals surface area contributed by atoms with Gasteiger partial charge in [-0.25, -0.2) is 9.59 Å². The number of benzene rings is 2. The molecule has 7 nitrogen and oxygen atoms in total. The molecule has 2 aliphatic rings. The minimum Gasteiger partial charge on any atom is -0.480 e. The Kier molecular flexibility index (Phi) is 6.91. The number of hydrogen-bond acceptors (Lipinski definition) is 4. The maximum absolute atomic E-state index is 12.4. The molecule has 0 aromatic heterocycles. The first-order valence-corrected chi connectivity index (χ1v) is 11.8. The number of fused-ring (bicyclic) bond motifs is 3. The van der Waals surface area contributed by atoms with Crippen molar-refractivity contribution in [1.29, 1.82) is 0 Å². The number of alkyl carbamates (subject to hydrolysis) is 1. The van der Waals surface area contributed by atoms with Crippen molar-refractivity contribution in [1.82, 2.24) is 10.6 Å². The van der Waals surface area contributed by atoms with Crippen LogP contribution < -0.4 is 10.6 Å². The van der Waals surface area contributed by atoms with Gasteiger partial charge in [0.05, 0.1) is 0 Å². The maximum Gasteiger partial charge on any atom is 0.407 e. The van der Waals surface area contributed by atoms with Crippen LogP contribution in [0.3, 0.4) is 0 Å². The summed E-state index contributed by atoms with van der Waals surface area (Å²) in [6.07, 6.45) is 2.09. The third-order valence-electron chi connectivity index (χ3n) is 6.59. The van der Waals surface area contributed by atoms with Crippen LogP contribution in [0.5, 0.6) is 0 Å². The van der Waals surface area contributed by atoms with Crippen molar-refractivity contribution < 1.29 is 24.2 Å². The molecule has 1 saturated carbocycles. The number of rotatable bonds is 10. The molecule has 0 bridgehead atoms. The average Bonchev–Trinajstić information content (AvgIpc) is 3.56. The number of carbonyl (C=O) groups is 3. The van der Waals surface area contributed by atoms with E-state index in [9.17, 15) is 19.5 Å². The van der Waals surface area contributed by atoms with Gasteiger partial charge < -0.3 is 20.5 Å². The summed E-state index contributed by atoms with van der Waals surface area (Å²) >= 11 is 0. The Morgan fingerprint density at radius 2 is 1.62 bits per heavy atom. The summed E-state index contributed by atoms with van der Waals surface area (Å²) in [5, 5.41) is 14.7. The highest BCUT2D eigenvalue weighted by atomic mass is 16.5. The molecule has 2 amide bonds. The molecule has 2 aromatic carbocycles. The number of carboxylic acid groups (broad SMARTS) is 1. The van der Waals surface area contributed by atoms with Crippen molar-refractivity contribution in [3.63, 3.8) is 0 Å². The third-order valence-corrected chi connectivity index (χ3v) is 6.59. The number of aliphatic carboxylic acids is 1. The van der Waals surface area contributed by atoms with Gasteiger partial charge in [-0.15, -0.1) is 0 Å². The van der Waals surface area contributed by atoms with Gasteiger partial charge in [0.25, 0.3) is 0 Å². The van der Waals surface area contributed by atoms with Crippen LogP contribution in [-0.4, -0.2) is 42.3 Å². The molecule has 0 radical (unpaired) electrons. The molecular formula is C27H32N2O5. The number of hydrogen-bond donors (Lipinski definition) is 3. The van der Waals surface area contributed by atoms with Crippen molar-refractivity contribution >= 4 is 18.0 Å². The summed E-state index contributed by atoms with van der Waals surface area (Å²) in [6.45, 7) is 4.17. The highest BCUT2D eigenvalue weighted by Gasteiger charge is 2.32. The number of carboxylic acids is 1. The molecule has 1 fully saturated rings. The van der Waals surface area contributed by atoms with Crippen LogP contribution in [0.4, 0.5) is 4.79 Å². The Morgan fingerprint density at radius 1 is 1.03 bits per heavy atom. The molecule has 1 atom stereocenters. The highest BCUT2D eigenvalue weighted by Crippen LogP contribution is 2.44. The van der Waals surface area contributed by atoms with Crippen LogP contribution in [0, 0.1) is 11.3 Å². The van der Waals surface area contributed by atoms with Crippen LogP contribution in [-0.2, 0) is 14.3 Å². The Labute approximate surface area is 199 Å². The second-order valence-corrected chi connectivity index (χ2v) is 10.2. The number of ether oxygens (including phenoxy) is 1. The van der Waals surface area contributed by atoms with Gasteiger partial charge in [-0.2, -0.15) is 0 Å². The molecule has 3 N–H and O–H groups in total. The fourth-order valence-electron chi connectivity index (χ4n) is 4.61. The summed E-state index contributed by atoms with van der Waals surface area (Å²) < 4.78 is 5.56. The van der Waals surface area contributed by atoms with Gasteiger partial charge in [0, 0.05) is 18.9 Å². The van der Waals surface area contributed by atoms with E-state index in [1.54, 1.807) is 0 Å². The van der Waals surface area contributed by atoms with Gasteiger partial charge >= 0.3 is 12.1 Å². The lowest BCUT2D eigenvalue weighted by molar-refractivity contribution is -0.142. The van der Waals surface area contributed by atoms with Gasteiger partial charge in [0.1, 0.15) is 12.6 Å². The molecule has 0 heterocycles. The Morgan fingerprint density at radius 3 is 2.18 bits per heavy atom. The van der Waals surface area contributed by atoms with Gasteiger partial charge in [-0.05, 0) is 40.0 Å². The minimum atomic E-state index is -1.00. The molecule has 0 saturated heterocycles. The van der Waals surface area contributed by atoms with Crippen molar-refractivity contribution in [2.75, 3.05) is 13.2 Å². The van der Waals surface area contributed by atoms with Gasteiger partial charge in [-0.3, -0.25) is 4.79 Å². The maximum atomic E-state index is 12.4. The number of amides is 2. The zero-order valence-corrected chi connectivity index (χ0v) is 19.7. The quantitative estimate of drug-likeness (QED) is 0.486. The van der Waals surface area contributed by atoms with E-state index in [4.69, 9.17) is 4.74 Å². The lowest BCUT2D eigenvalue weighted by Gasteiger charge is -2.25. The molecule has 2 aromatic rings. The lowest BCUT2D eigenvalue weighted by atomic mass is 9.88. The molecule has 0 spiro atoms. The first-order valence-electron chi connectivity index (χ1n) is 11.8. The summed E-state index contributed by atoms with van der Waals surface area (Å²) in [5.74, 6) is -0.955. The molecule has 180 valence electrons. The molecule has 0 unspecified atom stereocenters. The molecular weight excluding hydrogens is 432 g/mol. The van der Waals surface area contributed by atoms with E-state index in [1.807, 2.05) is 38.1 Å². The normalized spacial score (nSPS) is 15.7. The Hall–Kier alpha value is -3.35. The molecule has 0 aliphatic heterocycles. The van der Waals surface area contributed by atoms with E-state index < -0.39 is 23.5 Å². The zero-order chi connectivity index (χ0) is 24.3. The fourth-order valence-corrected chi connectivity index (χ4v) is 4.61. The number of nitrogens with one attached hydrogen (secondary N) is 2. The first-order chi connectivity index (χ1) is 16.2. The van der Waals surface area contributed by atoms with Gasteiger partial charge in [-0.1, -0.05) is 75.2 Å². The summed E-state index contributed by atoms with van der Waals surface area (Å²) in [4.78, 5) is 36.3. The largest absolute Gasteiger partial charge is 0.480 e. The van der Waals surface area contributed by atoms with E-state index >= 15 is 0 Å². The summed E-state index contributed by atoms with van der Waals surface area (Å²) in [5.41, 5.74) is 4.07. The second-order valence-electron chi connectivity index (χ2n) is 10.2. The minimum absolute atomic E-state index is 0.0173. The topological polar surface area (TPSA) is 105 Å². The average molecular weight is 465 g/mol. The predicted molar refractivity (Wildman–Crippen MR) is 128 cm³/mol. The van der Waals surface area contributed by atoms with Crippen molar-refractivity contribution in [2.45, 2.75) is 51.5 Å². The van der Waals surface area contributed by atoms with Crippen LogP contribution in [0.2, 0.25) is 0 Å². The molecule has 7 heteroatoms. The van der Waals surface area contributed by atoms with Crippen LogP contribution in [0.15, 0.2) is 48.5 Å². The van der Waals surface area contributed by atoms with Crippen molar-refractivity contribution in [3.8, 4) is 11.1 Å². The van der Waals surface area contributed by atoms with E-state index in [0.717, 1.165) is 24.0 Å². The molecule has 34 heavy (non-hydrogen) atoms. The Bertz CT molecular complexity index is 1030. The van der Waals surface area contributed by atoms with Crippen molar-refractivity contribution in [2.24, 2.45) is 11.3 Å². The fraction of sp³-hybridized carbons (Fsp3) is 0.444. The SMILES string of the molecule is CC(C)(CNC(=O)OCC1c2ccccc2-c2ccccc21)CC(=O)N[C@@H](CC1CC1)C(=O)O. The smallest absolute Gasteiger partial charge is 0.407 e. The van der Waals surface area contributed by atoms with E-state index in [2.05, 4.69) is 34.9 Å². The first kappa shape index (κ1) is 23.8. The van der Waals surface area contributed by atoms with E-state index in [1.165, 1.54) is 11.1 Å². The van der Waals surface area contributed by atoms with Gasteiger partial charge in [0.15, 0.2) is 0 Å². The standard InChI is InChI=1S/C27H32N2O5/c1-27(2,14-24(30)29-23(25(31)32)13-17-11-12-17)16-28-26(33)34-15-22-20-9-5-3-7-18(20)19-8-4-6-10-21(19)22/h3-10,17,22-23H,11-16H2,1-2H3,(H,28,33)(H,29,30)(H,31,32)/t23-/m0/s1. The summed E-state index contributed by atoms with van der Waals surface area (Å²) in [7, 11) is 0. The molecule has 4 rings (SSSR count). The van der Waals surface area contributed by atoms with Crippen LogP contribution >= 0.6 is 0 Å². The van der Waals surface area contributed by atoms with Crippen LogP contribution in [0.25, 0.3) is 11.1 Å². The predicted octanol–water partition coefficient (Wildman–Crippen LogP) is 4.31. The monoisotopic (exact) mass is 464 g/mol. The lowest BCUT2D eigenvalue weighted by Crippen LogP contribution is -2.44. The second kappa shape index (κ2) is 9.87. The third kappa shape index (κ3) is 5.76. The Balaban J connectivity index is 1.26. The zero-order valence-electron chi connectivity index (χ0n) is 19.7. The summed E-state index contributed by atoms with van der Waals surface area (Å²) in [6, 6.07) is 15.4.